The van der Waals surface area contributed by atoms with Crippen LogP contribution in [0.3, 0.4) is 0 Å². The topological polar surface area (TPSA) is 77.8 Å². The zero-order chi connectivity index (χ0) is 67.5. The maximum atomic E-state index is 6.37. The molecule has 20 rings (SSSR count). The minimum Gasteiger partial charge on any atom is -0.416 e. The first-order valence-corrected chi connectivity index (χ1v) is 34.5. The number of hydrogen-bond acceptors (Lipinski definition) is 6. The third-order valence-corrected chi connectivity index (χ3v) is 20.1. The summed E-state index contributed by atoms with van der Waals surface area (Å²) < 4.78 is 12.7. The molecule has 6 nitrogen and oxygen atoms in total. The van der Waals surface area contributed by atoms with Crippen molar-refractivity contribution in [2.24, 2.45) is 0 Å². The lowest BCUT2D eigenvalue weighted by Gasteiger charge is -2.18. The predicted molar refractivity (Wildman–Crippen MR) is 423 cm³/mol. The molecule has 0 radical (unpaired) electrons. The Kier molecular flexibility index (Phi) is 14.8. The van der Waals surface area contributed by atoms with E-state index in [0.29, 0.717) is 23.6 Å². The fourth-order valence-electron chi connectivity index (χ4n) is 15.7. The van der Waals surface area contributed by atoms with E-state index in [1.165, 1.54) is 98.7 Å². The van der Waals surface area contributed by atoms with Crippen LogP contribution in [0, 0.1) is 0 Å². The Morgan fingerprint density at radius 2 is 0.255 bits per heavy atom. The lowest BCUT2D eigenvalue weighted by molar-refractivity contribution is 0.585. The molecule has 0 saturated carbocycles. The average molecular weight is 1300 g/mol. The van der Waals surface area contributed by atoms with Crippen molar-refractivity contribution in [1.29, 1.82) is 0 Å². The van der Waals surface area contributed by atoms with Crippen molar-refractivity contribution in [2.45, 2.75) is 0 Å². The van der Waals surface area contributed by atoms with E-state index in [9.17, 15) is 0 Å². The van der Waals surface area contributed by atoms with Gasteiger partial charge in [-0.3, -0.25) is 0 Å². The molecule has 0 aliphatic heterocycles. The average Bonchev–Trinajstić information content (AvgIpc) is 0.851. The van der Waals surface area contributed by atoms with Gasteiger partial charge in [-0.05, 0) is 177 Å². The molecule has 0 aliphatic carbocycles. The maximum absolute atomic E-state index is 6.37. The Labute approximate surface area is 588 Å². The van der Waals surface area contributed by atoms with Crippen molar-refractivity contribution >= 4 is 86.2 Å². The highest BCUT2D eigenvalue weighted by Crippen LogP contribution is 2.50. The SMILES string of the molecule is c1ccc(-c2nnc(-c3c4ccccc4c(-c4ccc(-c5c6ccccc6c(-c6ccccc6)c6ccccc56)cc4)c4ccccc34)o2)cc1.c1ccc(-c2nnc(-c3c4ccccc4c(-c4ccc(-c5c6ccccc6c(-c6ccccc6)c6ccccc56)cc4)c4ccccc34)o2)cc1. The Hall–Kier alpha value is -13.7. The van der Waals surface area contributed by atoms with Crippen LogP contribution in [0.15, 0.2) is 373 Å². The van der Waals surface area contributed by atoms with Crippen molar-refractivity contribution in [2.75, 3.05) is 0 Å². The summed E-state index contributed by atoms with van der Waals surface area (Å²) in [5.74, 6) is 2.05. The number of nitrogens with zero attached hydrogens (tertiary/aromatic N) is 4. The molecular formula is C96H60N4O2. The lowest BCUT2D eigenvalue weighted by Crippen LogP contribution is -1.92. The highest BCUT2D eigenvalue weighted by Gasteiger charge is 2.25. The molecule has 0 N–H and O–H groups in total. The van der Waals surface area contributed by atoms with Crippen LogP contribution < -0.4 is 0 Å². The molecule has 0 bridgehead atoms. The minimum atomic E-state index is 0.510. The van der Waals surface area contributed by atoms with Gasteiger partial charge in [0.25, 0.3) is 0 Å². The molecule has 2 aromatic heterocycles. The largest absolute Gasteiger partial charge is 0.416 e. The van der Waals surface area contributed by atoms with Gasteiger partial charge in [-0.1, -0.05) is 340 Å². The van der Waals surface area contributed by atoms with E-state index in [2.05, 4.69) is 324 Å². The molecule has 0 atom stereocenters. The highest BCUT2D eigenvalue weighted by molar-refractivity contribution is 6.25. The van der Waals surface area contributed by atoms with E-state index in [1.807, 2.05) is 60.7 Å². The van der Waals surface area contributed by atoms with Crippen molar-refractivity contribution < 1.29 is 8.83 Å². The Bertz CT molecular complexity index is 5960. The van der Waals surface area contributed by atoms with E-state index >= 15 is 0 Å². The van der Waals surface area contributed by atoms with E-state index in [4.69, 9.17) is 8.83 Å². The van der Waals surface area contributed by atoms with Crippen molar-refractivity contribution in [1.82, 2.24) is 20.4 Å². The Balaban J connectivity index is 0.000000141. The van der Waals surface area contributed by atoms with Gasteiger partial charge in [0.05, 0.1) is 11.1 Å². The standard InChI is InChI=1S/2C48H30N2O/c2*1-3-15-31(16-4-1)43-35-19-7-9-21-37(35)44(38-22-10-8-20-36(38)43)32-27-29-33(30-28-32)45-39-23-11-13-25-41(39)46(42-26-14-12-24-40(42)45)48-50-49-47(51-48)34-17-5-2-6-18-34/h2*1-30H. The summed E-state index contributed by atoms with van der Waals surface area (Å²) in [4.78, 5) is 0. The van der Waals surface area contributed by atoms with Gasteiger partial charge in [-0.25, -0.2) is 0 Å². The quantitative estimate of drug-likeness (QED) is 0.127. The van der Waals surface area contributed by atoms with Gasteiger partial charge >= 0.3 is 0 Å². The molecule has 102 heavy (non-hydrogen) atoms. The van der Waals surface area contributed by atoms with E-state index in [-0.39, 0.29) is 0 Å². The summed E-state index contributed by atoms with van der Waals surface area (Å²) in [6.45, 7) is 0. The molecule has 476 valence electrons. The van der Waals surface area contributed by atoms with Crippen molar-refractivity contribution in [3.8, 4) is 113 Å². The van der Waals surface area contributed by atoms with Gasteiger partial charge in [-0.2, -0.15) is 0 Å². The van der Waals surface area contributed by atoms with E-state index in [1.54, 1.807) is 0 Å². The summed E-state index contributed by atoms with van der Waals surface area (Å²) in [6, 6.07) is 129. The van der Waals surface area contributed by atoms with Crippen LogP contribution in [-0.2, 0) is 0 Å². The van der Waals surface area contributed by atoms with Gasteiger partial charge in [0.1, 0.15) is 0 Å². The molecule has 20 aromatic rings. The highest BCUT2D eigenvalue weighted by atomic mass is 16.4. The van der Waals surface area contributed by atoms with Gasteiger partial charge in [0.2, 0.25) is 23.6 Å². The summed E-state index contributed by atoms with van der Waals surface area (Å²) in [5, 5.41) is 36.9. The van der Waals surface area contributed by atoms with Crippen LogP contribution >= 0.6 is 0 Å². The monoisotopic (exact) mass is 1300 g/mol. The second kappa shape index (κ2) is 25.3. The lowest BCUT2D eigenvalue weighted by atomic mass is 9.85. The molecule has 0 amide bonds. The molecule has 0 unspecified atom stereocenters. The van der Waals surface area contributed by atoms with Crippen LogP contribution in [0.4, 0.5) is 0 Å². The summed E-state index contributed by atoms with van der Waals surface area (Å²) >= 11 is 0. The molecule has 6 heteroatoms. The Morgan fingerprint density at radius 3 is 0.441 bits per heavy atom. The van der Waals surface area contributed by atoms with E-state index < -0.39 is 0 Å². The number of benzene rings is 18. The molecule has 0 aliphatic rings. The fraction of sp³-hybridized carbons (Fsp3) is 0. The first-order chi connectivity index (χ1) is 50.7. The minimum absolute atomic E-state index is 0.510. The molecule has 0 fully saturated rings. The first kappa shape index (κ1) is 59.6. The van der Waals surface area contributed by atoms with Crippen LogP contribution in [0.25, 0.3) is 199 Å². The smallest absolute Gasteiger partial charge is 0.249 e. The summed E-state index contributed by atoms with van der Waals surface area (Å²) in [5.41, 5.74) is 18.3. The fourth-order valence-corrected chi connectivity index (χ4v) is 15.7. The molecule has 0 spiro atoms. The summed E-state index contributed by atoms with van der Waals surface area (Å²) in [6.07, 6.45) is 0. The molecule has 2 heterocycles. The number of rotatable bonds is 10. The van der Waals surface area contributed by atoms with Crippen LogP contribution in [-0.4, -0.2) is 20.4 Å². The van der Waals surface area contributed by atoms with E-state index in [0.717, 1.165) is 76.5 Å². The third kappa shape index (κ3) is 10.2. The van der Waals surface area contributed by atoms with Crippen LogP contribution in [0.1, 0.15) is 0 Å². The second-order valence-electron chi connectivity index (χ2n) is 25.8. The van der Waals surface area contributed by atoms with Gasteiger partial charge in [0, 0.05) is 11.1 Å². The first-order valence-electron chi connectivity index (χ1n) is 34.5. The van der Waals surface area contributed by atoms with Crippen LogP contribution in [0.2, 0.25) is 0 Å². The zero-order valence-corrected chi connectivity index (χ0v) is 55.2. The number of aromatic nitrogens is 4. The maximum Gasteiger partial charge on any atom is 0.249 e. The number of fused-ring (bicyclic) bond motifs is 8. The Morgan fingerprint density at radius 1 is 0.118 bits per heavy atom. The normalized spacial score (nSPS) is 11.5. The number of hydrogen-bond donors (Lipinski definition) is 0. The third-order valence-electron chi connectivity index (χ3n) is 20.1. The van der Waals surface area contributed by atoms with Gasteiger partial charge in [-0.15, -0.1) is 20.4 Å². The molecule has 0 saturated heterocycles. The van der Waals surface area contributed by atoms with Gasteiger partial charge < -0.3 is 8.83 Å². The van der Waals surface area contributed by atoms with Crippen LogP contribution in [0.5, 0.6) is 0 Å². The van der Waals surface area contributed by atoms with Crippen molar-refractivity contribution in [3.63, 3.8) is 0 Å². The van der Waals surface area contributed by atoms with Gasteiger partial charge in [0.15, 0.2) is 0 Å². The van der Waals surface area contributed by atoms with Crippen molar-refractivity contribution in [3.05, 3.63) is 364 Å². The predicted octanol–water partition coefficient (Wildman–Crippen LogP) is 26.0. The second-order valence-corrected chi connectivity index (χ2v) is 25.8. The summed E-state index contributed by atoms with van der Waals surface area (Å²) in [7, 11) is 0. The zero-order valence-electron chi connectivity index (χ0n) is 55.2. The molecule has 18 aromatic carbocycles. The molecular weight excluding hydrogens is 1240 g/mol.